The zero-order chi connectivity index (χ0) is 9.56. The van der Waals surface area contributed by atoms with Gasteiger partial charge in [0, 0.05) is 18.3 Å². The summed E-state index contributed by atoms with van der Waals surface area (Å²) in [5.41, 5.74) is 1.32. The van der Waals surface area contributed by atoms with Crippen LogP contribution in [-0.2, 0) is 0 Å². The van der Waals surface area contributed by atoms with Crippen LogP contribution in [0.4, 0.5) is 0 Å². The lowest BCUT2D eigenvalue weighted by atomic mass is 10.3. The van der Waals surface area contributed by atoms with E-state index in [9.17, 15) is 0 Å². The van der Waals surface area contributed by atoms with E-state index in [-0.39, 0.29) is 0 Å². The summed E-state index contributed by atoms with van der Waals surface area (Å²) in [6, 6.07) is 0.653. The topological polar surface area (TPSA) is 3.24 Å². The van der Waals surface area contributed by atoms with Crippen molar-refractivity contribution in [3.8, 4) is 0 Å². The Morgan fingerprint density at radius 2 is 1.92 bits per heavy atom. The molecular weight excluding hydrogens is 146 g/mol. The smallest absolute Gasteiger partial charge is 0.0230 e. The molecule has 1 heterocycles. The largest absolute Gasteiger partial charge is 0.373 e. The van der Waals surface area contributed by atoms with Crippen LogP contribution in [0.15, 0.2) is 12.3 Å². The molecular formula is C11H23N. The number of likely N-dealkylation sites (tertiary alicyclic amines) is 1. The van der Waals surface area contributed by atoms with Crippen LogP contribution in [0.2, 0.25) is 0 Å². The van der Waals surface area contributed by atoms with Crippen molar-refractivity contribution in [3.05, 3.63) is 12.3 Å². The van der Waals surface area contributed by atoms with Gasteiger partial charge in [0.15, 0.2) is 0 Å². The highest BCUT2D eigenvalue weighted by molar-refractivity contribution is 5.00. The summed E-state index contributed by atoms with van der Waals surface area (Å²) in [5.74, 6) is 0. The van der Waals surface area contributed by atoms with Crippen LogP contribution in [0.25, 0.3) is 0 Å². The molecule has 1 nitrogen and oxygen atoms in total. The van der Waals surface area contributed by atoms with Gasteiger partial charge in [0.1, 0.15) is 0 Å². The van der Waals surface area contributed by atoms with Crippen molar-refractivity contribution in [3.63, 3.8) is 0 Å². The lowest BCUT2D eigenvalue weighted by Crippen LogP contribution is -2.25. The molecule has 1 saturated heterocycles. The van der Waals surface area contributed by atoms with Crippen LogP contribution in [0.1, 0.15) is 47.0 Å². The van der Waals surface area contributed by atoms with E-state index >= 15 is 0 Å². The van der Waals surface area contributed by atoms with E-state index in [0.717, 1.165) is 0 Å². The zero-order valence-electron chi connectivity index (χ0n) is 9.06. The van der Waals surface area contributed by atoms with Crippen LogP contribution in [-0.4, -0.2) is 17.5 Å². The average molecular weight is 169 g/mol. The number of hydrogen-bond donors (Lipinski definition) is 0. The zero-order valence-corrected chi connectivity index (χ0v) is 9.06. The van der Waals surface area contributed by atoms with Crippen LogP contribution >= 0.6 is 0 Å². The van der Waals surface area contributed by atoms with E-state index in [1.807, 2.05) is 0 Å². The number of hydrogen-bond acceptors (Lipinski definition) is 1. The monoisotopic (exact) mass is 169 g/mol. The van der Waals surface area contributed by atoms with E-state index in [1.54, 1.807) is 0 Å². The highest BCUT2D eigenvalue weighted by atomic mass is 15.2. The third-order valence-electron chi connectivity index (χ3n) is 1.89. The SMILES string of the molecule is C=C1CCCN1C(C)C.CCC. The summed E-state index contributed by atoms with van der Waals surface area (Å²) in [6.45, 7) is 13.9. The number of allylic oxidation sites excluding steroid dienone is 1. The van der Waals surface area contributed by atoms with Gasteiger partial charge in [0.2, 0.25) is 0 Å². The van der Waals surface area contributed by atoms with Crippen LogP contribution in [0.3, 0.4) is 0 Å². The standard InChI is InChI=1S/C8H15N.C3H8/c1-7(2)9-6-4-5-8(9)3;1-3-2/h7H,3-6H2,1-2H3;3H2,1-2H3. The molecule has 0 N–H and O–H groups in total. The summed E-state index contributed by atoms with van der Waals surface area (Å²) in [5, 5.41) is 0. The van der Waals surface area contributed by atoms with Crippen molar-refractivity contribution in [2.45, 2.75) is 53.0 Å². The van der Waals surface area contributed by atoms with Gasteiger partial charge in [0.25, 0.3) is 0 Å². The first-order valence-corrected chi connectivity index (χ1v) is 5.07. The first kappa shape index (κ1) is 11.5. The van der Waals surface area contributed by atoms with E-state index in [2.05, 4.69) is 39.2 Å². The van der Waals surface area contributed by atoms with Crippen molar-refractivity contribution < 1.29 is 0 Å². The molecule has 0 aliphatic carbocycles. The third-order valence-corrected chi connectivity index (χ3v) is 1.89. The predicted molar refractivity (Wildman–Crippen MR) is 56.2 cm³/mol. The molecule has 1 rings (SSSR count). The lowest BCUT2D eigenvalue weighted by molar-refractivity contribution is 0.325. The van der Waals surface area contributed by atoms with Crippen molar-refractivity contribution in [2.24, 2.45) is 0 Å². The summed E-state index contributed by atoms with van der Waals surface area (Å²) in [4.78, 5) is 2.38. The number of nitrogens with zero attached hydrogens (tertiary/aromatic N) is 1. The molecule has 1 heteroatoms. The second-order valence-corrected chi connectivity index (χ2v) is 3.66. The average Bonchev–Trinajstić information content (AvgIpc) is 2.36. The molecule has 0 unspecified atom stereocenters. The van der Waals surface area contributed by atoms with Crippen LogP contribution in [0, 0.1) is 0 Å². The van der Waals surface area contributed by atoms with E-state index in [4.69, 9.17) is 0 Å². The quantitative estimate of drug-likeness (QED) is 0.581. The highest BCUT2D eigenvalue weighted by Gasteiger charge is 2.16. The molecule has 1 aliphatic rings. The van der Waals surface area contributed by atoms with Crippen molar-refractivity contribution in [2.75, 3.05) is 6.54 Å². The highest BCUT2D eigenvalue weighted by Crippen LogP contribution is 2.20. The normalized spacial score (nSPS) is 16.4. The van der Waals surface area contributed by atoms with Gasteiger partial charge >= 0.3 is 0 Å². The minimum absolute atomic E-state index is 0.653. The molecule has 1 fully saturated rings. The summed E-state index contributed by atoms with van der Waals surface area (Å²) < 4.78 is 0. The summed E-state index contributed by atoms with van der Waals surface area (Å²) >= 11 is 0. The molecule has 0 radical (unpaired) electrons. The second-order valence-electron chi connectivity index (χ2n) is 3.66. The lowest BCUT2D eigenvalue weighted by Gasteiger charge is -2.23. The minimum Gasteiger partial charge on any atom is -0.373 e. The van der Waals surface area contributed by atoms with Gasteiger partial charge < -0.3 is 4.90 Å². The van der Waals surface area contributed by atoms with Gasteiger partial charge in [0.05, 0.1) is 0 Å². The molecule has 0 saturated carbocycles. The number of rotatable bonds is 1. The third kappa shape index (κ3) is 3.80. The Kier molecular flexibility index (Phi) is 5.87. The Bertz CT molecular complexity index is 127. The molecule has 0 bridgehead atoms. The van der Waals surface area contributed by atoms with Crippen LogP contribution < -0.4 is 0 Å². The van der Waals surface area contributed by atoms with Crippen molar-refractivity contribution in [1.82, 2.24) is 4.90 Å². The predicted octanol–water partition coefficient (Wildman–Crippen LogP) is 3.42. The maximum Gasteiger partial charge on any atom is 0.0230 e. The van der Waals surface area contributed by atoms with Gasteiger partial charge in [-0.1, -0.05) is 26.8 Å². The Balaban J connectivity index is 0.000000354. The van der Waals surface area contributed by atoms with Gasteiger partial charge in [-0.3, -0.25) is 0 Å². The fraction of sp³-hybridized carbons (Fsp3) is 0.818. The molecule has 1 aliphatic heterocycles. The molecule has 12 heavy (non-hydrogen) atoms. The molecule has 0 aromatic heterocycles. The fourth-order valence-electron chi connectivity index (χ4n) is 1.38. The molecule has 0 spiro atoms. The van der Waals surface area contributed by atoms with Gasteiger partial charge in [-0.15, -0.1) is 0 Å². The minimum atomic E-state index is 0.653. The van der Waals surface area contributed by atoms with Gasteiger partial charge in [-0.2, -0.15) is 0 Å². The van der Waals surface area contributed by atoms with Gasteiger partial charge in [-0.25, -0.2) is 0 Å². The molecule has 0 amide bonds. The second kappa shape index (κ2) is 6.10. The Morgan fingerprint density at radius 3 is 2.08 bits per heavy atom. The Hall–Kier alpha value is -0.460. The molecule has 0 aromatic carbocycles. The van der Waals surface area contributed by atoms with Gasteiger partial charge in [-0.05, 0) is 26.7 Å². The Morgan fingerprint density at radius 1 is 1.42 bits per heavy atom. The van der Waals surface area contributed by atoms with Crippen molar-refractivity contribution >= 4 is 0 Å². The maximum absolute atomic E-state index is 3.98. The van der Waals surface area contributed by atoms with E-state index < -0.39 is 0 Å². The summed E-state index contributed by atoms with van der Waals surface area (Å²) in [6.07, 6.45) is 3.76. The Labute approximate surface area is 77.5 Å². The van der Waals surface area contributed by atoms with Crippen molar-refractivity contribution in [1.29, 1.82) is 0 Å². The molecule has 0 atom stereocenters. The van der Waals surface area contributed by atoms with E-state index in [0.29, 0.717) is 6.04 Å². The summed E-state index contributed by atoms with van der Waals surface area (Å²) in [7, 11) is 0. The van der Waals surface area contributed by atoms with E-state index in [1.165, 1.54) is 31.5 Å². The van der Waals surface area contributed by atoms with Crippen LogP contribution in [0.5, 0.6) is 0 Å². The first-order valence-electron chi connectivity index (χ1n) is 5.07. The molecule has 72 valence electrons. The maximum atomic E-state index is 3.98. The first-order chi connectivity index (χ1) is 5.63. The molecule has 0 aromatic rings. The fourth-order valence-corrected chi connectivity index (χ4v) is 1.38.